The molecule has 0 aromatic heterocycles. The highest BCUT2D eigenvalue weighted by Crippen LogP contribution is 2.35. The molecule has 0 unspecified atom stereocenters. The monoisotopic (exact) mass is 349 g/mol. The SMILES string of the molecule is COC(=O)c1cccc2c1OCCN2C(=O)CSCC(F)(F)F. The number of carbonyl (C=O) groups is 2. The number of para-hydroxylation sites is 1. The van der Waals surface area contributed by atoms with Crippen molar-refractivity contribution >= 4 is 29.3 Å². The lowest BCUT2D eigenvalue weighted by Crippen LogP contribution is -2.39. The maximum absolute atomic E-state index is 12.2. The van der Waals surface area contributed by atoms with Crippen LogP contribution in [0.3, 0.4) is 0 Å². The zero-order chi connectivity index (χ0) is 17.0. The van der Waals surface area contributed by atoms with Crippen LogP contribution in [-0.2, 0) is 9.53 Å². The number of carbonyl (C=O) groups excluding carboxylic acids is 2. The first-order valence-electron chi connectivity index (χ1n) is 6.62. The maximum Gasteiger partial charge on any atom is 0.397 e. The van der Waals surface area contributed by atoms with E-state index in [0.29, 0.717) is 17.4 Å². The van der Waals surface area contributed by atoms with Gasteiger partial charge in [-0.1, -0.05) is 6.07 Å². The number of anilines is 1. The summed E-state index contributed by atoms with van der Waals surface area (Å²) in [7, 11) is 1.22. The minimum Gasteiger partial charge on any atom is -0.489 e. The van der Waals surface area contributed by atoms with E-state index in [1.54, 1.807) is 12.1 Å². The molecule has 126 valence electrons. The second-order valence-corrected chi connectivity index (χ2v) is 5.63. The molecule has 1 amide bonds. The van der Waals surface area contributed by atoms with Crippen LogP contribution in [0.2, 0.25) is 0 Å². The molecule has 9 heteroatoms. The number of fused-ring (bicyclic) bond motifs is 1. The molecule has 1 aromatic rings. The summed E-state index contributed by atoms with van der Waals surface area (Å²) >= 11 is 0.503. The molecule has 1 heterocycles. The average molecular weight is 349 g/mol. The molecule has 0 aliphatic carbocycles. The van der Waals surface area contributed by atoms with E-state index in [2.05, 4.69) is 4.74 Å². The van der Waals surface area contributed by atoms with Crippen molar-refractivity contribution in [3.8, 4) is 5.75 Å². The molecule has 0 spiro atoms. The highest BCUT2D eigenvalue weighted by molar-refractivity contribution is 8.00. The molecule has 0 radical (unpaired) electrons. The highest BCUT2D eigenvalue weighted by Gasteiger charge is 2.30. The van der Waals surface area contributed by atoms with Crippen molar-refractivity contribution in [3.05, 3.63) is 23.8 Å². The van der Waals surface area contributed by atoms with Crippen LogP contribution in [0.4, 0.5) is 18.9 Å². The number of rotatable bonds is 4. The second kappa shape index (κ2) is 7.12. The van der Waals surface area contributed by atoms with Gasteiger partial charge < -0.3 is 14.4 Å². The quantitative estimate of drug-likeness (QED) is 0.782. The molecule has 2 rings (SSSR count). The molecule has 0 N–H and O–H groups in total. The number of nitrogens with zero attached hydrogens (tertiary/aromatic N) is 1. The molecule has 1 aliphatic rings. The fourth-order valence-electron chi connectivity index (χ4n) is 2.11. The van der Waals surface area contributed by atoms with Gasteiger partial charge in [-0.3, -0.25) is 4.79 Å². The molecule has 1 aliphatic heterocycles. The first kappa shape index (κ1) is 17.5. The first-order chi connectivity index (χ1) is 10.8. The lowest BCUT2D eigenvalue weighted by atomic mass is 10.1. The minimum absolute atomic E-state index is 0.149. The van der Waals surface area contributed by atoms with Crippen LogP contribution >= 0.6 is 11.8 Å². The molecule has 5 nitrogen and oxygen atoms in total. The van der Waals surface area contributed by atoms with Crippen LogP contribution in [-0.4, -0.2) is 49.8 Å². The van der Waals surface area contributed by atoms with Gasteiger partial charge in [0.2, 0.25) is 5.91 Å². The summed E-state index contributed by atoms with van der Waals surface area (Å²) in [6, 6.07) is 4.63. The van der Waals surface area contributed by atoms with Crippen LogP contribution in [0.25, 0.3) is 0 Å². The molecule has 0 atom stereocenters. The first-order valence-corrected chi connectivity index (χ1v) is 7.78. The standard InChI is InChI=1S/C14H14F3NO4S/c1-21-13(20)9-3-2-4-10-12(9)22-6-5-18(10)11(19)7-23-8-14(15,16)17/h2-4H,5-8H2,1H3. The Labute approximate surface area is 134 Å². The Kier molecular flexibility index (Phi) is 5.40. The highest BCUT2D eigenvalue weighted by atomic mass is 32.2. The summed E-state index contributed by atoms with van der Waals surface area (Å²) in [5.74, 6) is -2.26. The molecular weight excluding hydrogens is 335 g/mol. The van der Waals surface area contributed by atoms with E-state index < -0.39 is 23.8 Å². The van der Waals surface area contributed by atoms with Gasteiger partial charge in [0, 0.05) is 0 Å². The summed E-state index contributed by atoms with van der Waals surface area (Å²) in [6.45, 7) is 0.361. The van der Waals surface area contributed by atoms with Gasteiger partial charge in [-0.2, -0.15) is 13.2 Å². The van der Waals surface area contributed by atoms with E-state index in [0.717, 1.165) is 0 Å². The van der Waals surface area contributed by atoms with E-state index in [9.17, 15) is 22.8 Å². The van der Waals surface area contributed by atoms with Crippen LogP contribution in [0.1, 0.15) is 10.4 Å². The topological polar surface area (TPSA) is 55.8 Å². The van der Waals surface area contributed by atoms with Crippen molar-refractivity contribution < 1.29 is 32.2 Å². The van der Waals surface area contributed by atoms with Gasteiger partial charge in [0.25, 0.3) is 0 Å². The van der Waals surface area contributed by atoms with Gasteiger partial charge in [-0.15, -0.1) is 11.8 Å². The number of amides is 1. The zero-order valence-electron chi connectivity index (χ0n) is 12.2. The van der Waals surface area contributed by atoms with Crippen LogP contribution in [0.5, 0.6) is 5.75 Å². The number of alkyl halides is 3. The van der Waals surface area contributed by atoms with Crippen LogP contribution in [0.15, 0.2) is 18.2 Å². The summed E-state index contributed by atoms with van der Waals surface area (Å²) in [5, 5.41) is 0. The van der Waals surface area contributed by atoms with Gasteiger partial charge in [-0.05, 0) is 12.1 Å². The Morgan fingerprint density at radius 1 is 1.39 bits per heavy atom. The Bertz CT molecular complexity index is 606. The Morgan fingerprint density at radius 2 is 2.13 bits per heavy atom. The van der Waals surface area contributed by atoms with E-state index >= 15 is 0 Å². The van der Waals surface area contributed by atoms with Gasteiger partial charge in [0.1, 0.15) is 12.2 Å². The van der Waals surface area contributed by atoms with E-state index in [4.69, 9.17) is 4.74 Å². The lowest BCUT2D eigenvalue weighted by Gasteiger charge is -2.30. The van der Waals surface area contributed by atoms with Crippen molar-refractivity contribution in [2.45, 2.75) is 6.18 Å². The Hall–Kier alpha value is -1.90. The number of esters is 1. The predicted molar refractivity (Wildman–Crippen MR) is 79.0 cm³/mol. The number of ether oxygens (including phenoxy) is 2. The van der Waals surface area contributed by atoms with E-state index in [1.807, 2.05) is 0 Å². The van der Waals surface area contributed by atoms with Crippen molar-refractivity contribution in [2.24, 2.45) is 0 Å². The fraction of sp³-hybridized carbons (Fsp3) is 0.429. The van der Waals surface area contributed by atoms with Crippen molar-refractivity contribution in [1.29, 1.82) is 0 Å². The molecule has 0 saturated heterocycles. The van der Waals surface area contributed by atoms with Crippen LogP contribution < -0.4 is 9.64 Å². The molecule has 23 heavy (non-hydrogen) atoms. The summed E-state index contributed by atoms with van der Waals surface area (Å²) < 4.78 is 46.5. The Morgan fingerprint density at radius 3 is 2.78 bits per heavy atom. The molecule has 0 saturated carbocycles. The predicted octanol–water partition coefficient (Wildman–Crippen LogP) is 2.49. The number of hydrogen-bond donors (Lipinski definition) is 0. The largest absolute Gasteiger partial charge is 0.489 e. The summed E-state index contributed by atoms with van der Waals surface area (Å²) in [6.07, 6.45) is -4.31. The second-order valence-electron chi connectivity index (χ2n) is 4.65. The summed E-state index contributed by atoms with van der Waals surface area (Å²) in [4.78, 5) is 25.2. The Balaban J connectivity index is 2.15. The van der Waals surface area contributed by atoms with Gasteiger partial charge in [0.05, 0.1) is 30.8 Å². The lowest BCUT2D eigenvalue weighted by molar-refractivity contribution is -0.116. The zero-order valence-corrected chi connectivity index (χ0v) is 13.0. The normalized spacial score (nSPS) is 14.0. The number of hydrogen-bond acceptors (Lipinski definition) is 5. The van der Waals surface area contributed by atoms with Crippen molar-refractivity contribution in [1.82, 2.24) is 0 Å². The van der Waals surface area contributed by atoms with Crippen molar-refractivity contribution in [2.75, 3.05) is 36.7 Å². The smallest absolute Gasteiger partial charge is 0.397 e. The number of halogens is 3. The fourth-order valence-corrected chi connectivity index (χ4v) is 2.77. The number of benzene rings is 1. The number of methoxy groups -OCH3 is 1. The summed E-state index contributed by atoms with van der Waals surface area (Å²) in [5.41, 5.74) is 0.530. The third-order valence-corrected chi connectivity index (χ3v) is 4.03. The average Bonchev–Trinajstić information content (AvgIpc) is 2.51. The van der Waals surface area contributed by atoms with E-state index in [-0.39, 0.29) is 30.2 Å². The molecule has 1 aromatic carbocycles. The minimum atomic E-state index is -4.31. The van der Waals surface area contributed by atoms with Crippen LogP contribution in [0, 0.1) is 0 Å². The number of thioether (sulfide) groups is 1. The van der Waals surface area contributed by atoms with Gasteiger partial charge in [-0.25, -0.2) is 4.79 Å². The third kappa shape index (κ3) is 4.31. The maximum atomic E-state index is 12.2. The molecular formula is C14H14F3NO4S. The molecule has 0 bridgehead atoms. The van der Waals surface area contributed by atoms with Gasteiger partial charge in [0.15, 0.2) is 5.75 Å². The molecule has 0 fully saturated rings. The third-order valence-electron chi connectivity index (χ3n) is 3.04. The van der Waals surface area contributed by atoms with Gasteiger partial charge >= 0.3 is 12.1 Å². The van der Waals surface area contributed by atoms with E-state index in [1.165, 1.54) is 18.1 Å². The van der Waals surface area contributed by atoms with Crippen molar-refractivity contribution in [3.63, 3.8) is 0 Å².